The van der Waals surface area contributed by atoms with Crippen LogP contribution in [0.4, 0.5) is 4.39 Å². The Kier molecular flexibility index (Phi) is 8.43. The van der Waals surface area contributed by atoms with Gasteiger partial charge in [0.15, 0.2) is 5.96 Å². The van der Waals surface area contributed by atoms with E-state index in [0.717, 1.165) is 18.1 Å². The number of guanidine groups is 1. The molecule has 28 heavy (non-hydrogen) atoms. The van der Waals surface area contributed by atoms with Crippen LogP contribution in [0, 0.1) is 5.82 Å². The van der Waals surface area contributed by atoms with Gasteiger partial charge in [-0.15, -0.1) is 24.0 Å². The van der Waals surface area contributed by atoms with Gasteiger partial charge < -0.3 is 10.2 Å². The lowest BCUT2D eigenvalue weighted by atomic mass is 10.1. The smallest absolute Gasteiger partial charge is 0.193 e. The van der Waals surface area contributed by atoms with Crippen molar-refractivity contribution in [2.24, 2.45) is 4.99 Å². The van der Waals surface area contributed by atoms with E-state index in [1.54, 1.807) is 25.4 Å². The number of hydrogen-bond acceptors (Lipinski definition) is 2. The van der Waals surface area contributed by atoms with Gasteiger partial charge in [-0.25, -0.2) is 4.39 Å². The van der Waals surface area contributed by atoms with Crippen LogP contribution in [0.15, 0.2) is 72.0 Å². The van der Waals surface area contributed by atoms with Gasteiger partial charge in [0, 0.05) is 39.6 Å². The summed E-state index contributed by atoms with van der Waals surface area (Å²) in [6, 6.07) is 16.8. The normalized spacial score (nSPS) is 11.0. The molecular formula is C21H25FIN5. The number of rotatable bonds is 6. The third-order valence-corrected chi connectivity index (χ3v) is 4.33. The van der Waals surface area contributed by atoms with Crippen molar-refractivity contribution in [2.75, 3.05) is 14.1 Å². The minimum absolute atomic E-state index is 0. The quantitative estimate of drug-likeness (QED) is 0.322. The second kappa shape index (κ2) is 10.8. The molecule has 0 saturated carbocycles. The zero-order valence-electron chi connectivity index (χ0n) is 16.0. The Bertz CT molecular complexity index is 895. The molecule has 0 spiro atoms. The maximum Gasteiger partial charge on any atom is 0.193 e. The van der Waals surface area contributed by atoms with Crippen molar-refractivity contribution in [1.82, 2.24) is 20.0 Å². The Morgan fingerprint density at radius 3 is 2.61 bits per heavy atom. The molecule has 0 bridgehead atoms. The molecule has 3 rings (SSSR count). The van der Waals surface area contributed by atoms with Gasteiger partial charge in [0.1, 0.15) is 5.82 Å². The maximum atomic E-state index is 13.4. The minimum atomic E-state index is -0.226. The number of aromatic nitrogens is 2. The highest BCUT2D eigenvalue weighted by Gasteiger charge is 2.09. The van der Waals surface area contributed by atoms with E-state index in [9.17, 15) is 4.39 Å². The summed E-state index contributed by atoms with van der Waals surface area (Å²) in [6.07, 6.45) is 3.74. The first-order chi connectivity index (χ1) is 13.2. The van der Waals surface area contributed by atoms with Crippen LogP contribution in [-0.2, 0) is 19.6 Å². The van der Waals surface area contributed by atoms with E-state index in [1.807, 2.05) is 47.1 Å². The third kappa shape index (κ3) is 6.05. The van der Waals surface area contributed by atoms with Gasteiger partial charge >= 0.3 is 0 Å². The molecule has 1 aromatic heterocycles. The van der Waals surface area contributed by atoms with Gasteiger partial charge in [-0.2, -0.15) is 5.10 Å². The standard InChI is InChI=1S/C21H24FN5.HI/c1-23-21(26(2)15-17-7-5-10-20(22)13-17)24-14-18-8-3-4-9-19(18)16-27-12-6-11-25-27;/h3-13H,14-16H2,1-2H3,(H,23,24);1H. The molecular weight excluding hydrogens is 468 g/mol. The van der Waals surface area contributed by atoms with E-state index in [1.165, 1.54) is 17.2 Å². The molecule has 0 amide bonds. The third-order valence-electron chi connectivity index (χ3n) is 4.33. The second-order valence-corrected chi connectivity index (χ2v) is 6.36. The SMILES string of the molecule is CN=C(NCc1ccccc1Cn1cccn1)N(C)Cc1cccc(F)c1.I. The molecule has 1 N–H and O–H groups in total. The highest BCUT2D eigenvalue weighted by molar-refractivity contribution is 14.0. The van der Waals surface area contributed by atoms with Gasteiger partial charge in [-0.3, -0.25) is 9.67 Å². The van der Waals surface area contributed by atoms with Crippen molar-refractivity contribution in [3.63, 3.8) is 0 Å². The van der Waals surface area contributed by atoms with Crippen LogP contribution in [0.25, 0.3) is 0 Å². The van der Waals surface area contributed by atoms with Crippen molar-refractivity contribution in [2.45, 2.75) is 19.6 Å². The Labute approximate surface area is 182 Å². The maximum absolute atomic E-state index is 13.4. The molecule has 3 aromatic rings. The zero-order valence-corrected chi connectivity index (χ0v) is 18.4. The van der Waals surface area contributed by atoms with Crippen LogP contribution >= 0.6 is 24.0 Å². The highest BCUT2D eigenvalue weighted by atomic mass is 127. The van der Waals surface area contributed by atoms with Gasteiger partial charge in [-0.1, -0.05) is 36.4 Å². The Morgan fingerprint density at radius 1 is 1.14 bits per heavy atom. The van der Waals surface area contributed by atoms with Crippen LogP contribution in [0.3, 0.4) is 0 Å². The second-order valence-electron chi connectivity index (χ2n) is 6.36. The first kappa shape index (κ1) is 21.9. The summed E-state index contributed by atoms with van der Waals surface area (Å²) < 4.78 is 15.3. The molecule has 1 heterocycles. The molecule has 0 saturated heterocycles. The van der Waals surface area contributed by atoms with E-state index in [4.69, 9.17) is 0 Å². The first-order valence-electron chi connectivity index (χ1n) is 8.86. The van der Waals surface area contributed by atoms with E-state index in [-0.39, 0.29) is 29.8 Å². The summed E-state index contributed by atoms with van der Waals surface area (Å²) in [7, 11) is 3.69. The molecule has 0 radical (unpaired) electrons. The number of nitrogens with one attached hydrogen (secondary N) is 1. The molecule has 0 unspecified atom stereocenters. The van der Waals surface area contributed by atoms with Crippen LogP contribution < -0.4 is 5.32 Å². The average Bonchev–Trinajstić information content (AvgIpc) is 3.16. The highest BCUT2D eigenvalue weighted by Crippen LogP contribution is 2.11. The lowest BCUT2D eigenvalue weighted by Crippen LogP contribution is -2.38. The molecule has 7 heteroatoms. The lowest BCUT2D eigenvalue weighted by Gasteiger charge is -2.23. The van der Waals surface area contributed by atoms with Gasteiger partial charge in [0.2, 0.25) is 0 Å². The number of halogens is 2. The Balaban J connectivity index is 0.00000280. The monoisotopic (exact) mass is 493 g/mol. The van der Waals surface area contributed by atoms with Crippen LogP contribution in [0.5, 0.6) is 0 Å². The van der Waals surface area contributed by atoms with Crippen molar-refractivity contribution in [3.8, 4) is 0 Å². The molecule has 0 atom stereocenters. The summed E-state index contributed by atoms with van der Waals surface area (Å²) in [4.78, 5) is 6.32. The van der Waals surface area contributed by atoms with Crippen molar-refractivity contribution < 1.29 is 4.39 Å². The lowest BCUT2D eigenvalue weighted by molar-refractivity contribution is 0.474. The van der Waals surface area contributed by atoms with Crippen LogP contribution in [-0.4, -0.2) is 34.7 Å². The zero-order chi connectivity index (χ0) is 19.1. The number of hydrogen-bond donors (Lipinski definition) is 1. The number of benzene rings is 2. The summed E-state index contributed by atoms with van der Waals surface area (Å²) in [5.74, 6) is 0.532. The first-order valence-corrected chi connectivity index (χ1v) is 8.86. The fourth-order valence-electron chi connectivity index (χ4n) is 3.00. The number of aliphatic imine (C=N–C) groups is 1. The predicted octanol–water partition coefficient (Wildman–Crippen LogP) is 3.90. The Hall–Kier alpha value is -2.42. The summed E-state index contributed by atoms with van der Waals surface area (Å²) in [6.45, 7) is 1.95. The summed E-state index contributed by atoms with van der Waals surface area (Å²) in [5, 5.41) is 7.67. The van der Waals surface area contributed by atoms with Gasteiger partial charge in [0.25, 0.3) is 0 Å². The largest absolute Gasteiger partial charge is 0.352 e. The van der Waals surface area contributed by atoms with Gasteiger partial charge in [-0.05, 0) is 34.9 Å². The predicted molar refractivity (Wildman–Crippen MR) is 121 cm³/mol. The van der Waals surface area contributed by atoms with E-state index in [2.05, 4.69) is 27.5 Å². The van der Waals surface area contributed by atoms with Crippen molar-refractivity contribution >= 4 is 29.9 Å². The van der Waals surface area contributed by atoms with Crippen LogP contribution in [0.1, 0.15) is 16.7 Å². The molecule has 0 aliphatic rings. The molecule has 0 aliphatic carbocycles. The minimum Gasteiger partial charge on any atom is -0.352 e. The van der Waals surface area contributed by atoms with E-state index in [0.29, 0.717) is 13.1 Å². The Morgan fingerprint density at radius 2 is 1.93 bits per heavy atom. The summed E-state index contributed by atoms with van der Waals surface area (Å²) >= 11 is 0. The fourth-order valence-corrected chi connectivity index (χ4v) is 3.00. The van der Waals surface area contributed by atoms with Crippen molar-refractivity contribution in [1.29, 1.82) is 0 Å². The number of nitrogens with zero attached hydrogens (tertiary/aromatic N) is 4. The molecule has 0 fully saturated rings. The van der Waals surface area contributed by atoms with E-state index >= 15 is 0 Å². The van der Waals surface area contributed by atoms with E-state index < -0.39 is 0 Å². The van der Waals surface area contributed by atoms with Crippen molar-refractivity contribution in [3.05, 3.63) is 89.5 Å². The molecule has 2 aromatic carbocycles. The van der Waals surface area contributed by atoms with Gasteiger partial charge in [0.05, 0.1) is 6.54 Å². The molecule has 5 nitrogen and oxygen atoms in total. The molecule has 0 aliphatic heterocycles. The topological polar surface area (TPSA) is 45.5 Å². The average molecular weight is 493 g/mol. The molecule has 148 valence electrons. The summed E-state index contributed by atoms with van der Waals surface area (Å²) in [5.41, 5.74) is 3.30. The van der Waals surface area contributed by atoms with Crippen LogP contribution in [0.2, 0.25) is 0 Å². The fraction of sp³-hybridized carbons (Fsp3) is 0.238.